The molecule has 37 heavy (non-hydrogen) atoms. The lowest BCUT2D eigenvalue weighted by Crippen LogP contribution is -2.48. The molecule has 5 nitrogen and oxygen atoms in total. The molecule has 184 valence electrons. The molecule has 1 saturated heterocycles. The maximum absolute atomic E-state index is 13.7. The van der Waals surface area contributed by atoms with E-state index in [9.17, 15) is 4.79 Å². The highest BCUT2D eigenvalue weighted by atomic mass is 35.5. The van der Waals surface area contributed by atoms with E-state index in [1.807, 2.05) is 71.6 Å². The number of carbonyl (C=O) groups is 1. The minimum Gasteiger partial charge on any atom is -0.397 e. The minimum absolute atomic E-state index is 0.0356. The second-order valence-electron chi connectivity index (χ2n) is 9.07. The molecule has 1 aliphatic rings. The summed E-state index contributed by atoms with van der Waals surface area (Å²) in [4.78, 5) is 24.1. The second-order valence-corrected chi connectivity index (χ2v) is 10.5. The van der Waals surface area contributed by atoms with E-state index in [1.54, 1.807) is 0 Å². The summed E-state index contributed by atoms with van der Waals surface area (Å²) in [6.45, 7) is 2.71. The van der Waals surface area contributed by atoms with Gasteiger partial charge >= 0.3 is 0 Å². The number of halogens is 1. The van der Waals surface area contributed by atoms with Crippen molar-refractivity contribution in [3.05, 3.63) is 101 Å². The fourth-order valence-corrected chi connectivity index (χ4v) is 6.14. The van der Waals surface area contributed by atoms with E-state index in [4.69, 9.17) is 22.3 Å². The highest BCUT2D eigenvalue weighted by Gasteiger charge is 2.27. The first-order chi connectivity index (χ1) is 18.1. The van der Waals surface area contributed by atoms with Crippen LogP contribution in [0, 0.1) is 0 Å². The number of anilines is 2. The van der Waals surface area contributed by atoms with Crippen LogP contribution in [0.5, 0.6) is 0 Å². The largest absolute Gasteiger partial charge is 0.397 e. The topological polar surface area (TPSA) is 62.5 Å². The van der Waals surface area contributed by atoms with Gasteiger partial charge in [0.2, 0.25) is 0 Å². The first kappa shape index (κ1) is 23.5. The maximum Gasteiger partial charge on any atom is 0.266 e. The Kier molecular flexibility index (Phi) is 6.28. The van der Waals surface area contributed by atoms with Crippen LogP contribution in [0.1, 0.15) is 9.67 Å². The van der Waals surface area contributed by atoms with Crippen LogP contribution in [0.3, 0.4) is 0 Å². The lowest BCUT2D eigenvalue weighted by molar-refractivity contribution is 0.0752. The van der Waals surface area contributed by atoms with Crippen molar-refractivity contribution in [3.63, 3.8) is 0 Å². The van der Waals surface area contributed by atoms with Gasteiger partial charge in [-0.3, -0.25) is 4.79 Å². The number of hydrogen-bond acceptors (Lipinski definition) is 5. The Bertz CT molecular complexity index is 1580. The molecule has 3 aromatic carbocycles. The van der Waals surface area contributed by atoms with E-state index >= 15 is 0 Å². The van der Waals surface area contributed by atoms with Gasteiger partial charge in [0.25, 0.3) is 5.91 Å². The van der Waals surface area contributed by atoms with E-state index in [-0.39, 0.29) is 5.91 Å². The van der Waals surface area contributed by atoms with Crippen molar-refractivity contribution in [2.24, 2.45) is 0 Å². The Morgan fingerprint density at radius 2 is 1.51 bits per heavy atom. The van der Waals surface area contributed by atoms with Crippen LogP contribution in [0.4, 0.5) is 11.4 Å². The molecule has 0 saturated carbocycles. The molecule has 0 bridgehead atoms. The molecule has 0 aliphatic carbocycles. The van der Waals surface area contributed by atoms with Crippen molar-refractivity contribution in [3.8, 4) is 22.4 Å². The Labute approximate surface area is 224 Å². The zero-order valence-corrected chi connectivity index (χ0v) is 21.7. The number of thiophene rings is 1. The van der Waals surface area contributed by atoms with E-state index in [0.29, 0.717) is 28.7 Å². The van der Waals surface area contributed by atoms with Crippen molar-refractivity contribution >= 4 is 50.4 Å². The normalized spacial score (nSPS) is 13.8. The van der Waals surface area contributed by atoms with Gasteiger partial charge in [-0.25, -0.2) is 4.98 Å². The van der Waals surface area contributed by atoms with Gasteiger partial charge in [-0.05, 0) is 35.4 Å². The first-order valence-corrected chi connectivity index (χ1v) is 13.4. The quantitative estimate of drug-likeness (QED) is 0.280. The van der Waals surface area contributed by atoms with Gasteiger partial charge in [0.15, 0.2) is 0 Å². The van der Waals surface area contributed by atoms with Crippen LogP contribution in [-0.2, 0) is 0 Å². The summed E-state index contributed by atoms with van der Waals surface area (Å²) in [5, 5.41) is 1.56. The van der Waals surface area contributed by atoms with E-state index in [1.165, 1.54) is 11.3 Å². The third kappa shape index (κ3) is 4.54. The number of aromatic nitrogens is 1. The maximum atomic E-state index is 13.7. The number of benzene rings is 3. The predicted molar refractivity (Wildman–Crippen MR) is 154 cm³/mol. The molecule has 0 spiro atoms. The van der Waals surface area contributed by atoms with Gasteiger partial charge < -0.3 is 15.5 Å². The smallest absolute Gasteiger partial charge is 0.266 e. The van der Waals surface area contributed by atoms with Gasteiger partial charge in [-0.2, -0.15) is 0 Å². The van der Waals surface area contributed by atoms with Crippen molar-refractivity contribution in [2.75, 3.05) is 36.8 Å². The number of carbonyl (C=O) groups excluding carboxylic acids is 1. The Morgan fingerprint density at radius 3 is 2.19 bits per heavy atom. The summed E-state index contributed by atoms with van der Waals surface area (Å²) >= 11 is 7.56. The molecule has 1 aliphatic heterocycles. The van der Waals surface area contributed by atoms with Crippen molar-refractivity contribution in [1.82, 2.24) is 9.88 Å². The number of piperazine rings is 1. The summed E-state index contributed by atoms with van der Waals surface area (Å²) in [6.07, 6.45) is 0. The molecular formula is C30H25ClN4OS. The van der Waals surface area contributed by atoms with Crippen molar-refractivity contribution in [2.45, 2.75) is 0 Å². The molecule has 0 atom stereocenters. The Morgan fingerprint density at radius 1 is 0.838 bits per heavy atom. The van der Waals surface area contributed by atoms with Crippen LogP contribution in [0.2, 0.25) is 5.02 Å². The third-order valence-electron chi connectivity index (χ3n) is 6.79. The number of pyridine rings is 1. The number of hydrogen-bond donors (Lipinski definition) is 1. The summed E-state index contributed by atoms with van der Waals surface area (Å²) in [5.74, 6) is -0.0356. The lowest BCUT2D eigenvalue weighted by atomic mass is 9.99. The Hall–Kier alpha value is -3.87. The fraction of sp³-hybridized carbons (Fsp3) is 0.133. The molecule has 1 fully saturated rings. The summed E-state index contributed by atoms with van der Waals surface area (Å²) < 4.78 is 0. The zero-order valence-electron chi connectivity index (χ0n) is 20.1. The lowest BCUT2D eigenvalue weighted by Gasteiger charge is -2.36. The molecule has 5 aromatic rings. The SMILES string of the molecule is Nc1c(C(=O)N2CCN(c3cccc(Cl)c3)CC2)sc2nc(-c3ccccc3)cc(-c3ccccc3)c12. The van der Waals surface area contributed by atoms with Gasteiger partial charge in [-0.15, -0.1) is 11.3 Å². The second kappa shape index (κ2) is 9.88. The first-order valence-electron chi connectivity index (χ1n) is 12.2. The molecule has 3 heterocycles. The fourth-order valence-electron chi connectivity index (χ4n) is 4.87. The average Bonchev–Trinajstić information content (AvgIpc) is 3.29. The van der Waals surface area contributed by atoms with E-state index < -0.39 is 0 Å². The number of fused-ring (bicyclic) bond motifs is 1. The summed E-state index contributed by atoms with van der Waals surface area (Å²) in [7, 11) is 0. The number of rotatable bonds is 4. The average molecular weight is 525 g/mol. The number of amides is 1. The molecule has 0 radical (unpaired) electrons. The van der Waals surface area contributed by atoms with Crippen LogP contribution in [0.25, 0.3) is 32.6 Å². The summed E-state index contributed by atoms with van der Waals surface area (Å²) in [6, 6.07) is 30.2. The number of nitrogen functional groups attached to an aromatic ring is 1. The van der Waals surface area contributed by atoms with Crippen LogP contribution in [0.15, 0.2) is 91.0 Å². The monoisotopic (exact) mass is 524 g/mol. The molecule has 7 heteroatoms. The van der Waals surface area contributed by atoms with Gasteiger partial charge in [0.1, 0.15) is 9.71 Å². The highest BCUT2D eigenvalue weighted by Crippen LogP contribution is 2.41. The molecule has 1 amide bonds. The Balaban J connectivity index is 1.35. The standard InChI is InChI=1S/C30H25ClN4OS/c31-22-12-7-13-23(18-22)34-14-16-35(17-15-34)30(36)28-27(32)26-24(20-8-3-1-4-9-20)19-25(33-29(26)37-28)21-10-5-2-6-11-21/h1-13,18-19H,14-17,32H2. The molecule has 6 rings (SSSR count). The van der Waals surface area contributed by atoms with Crippen LogP contribution in [-0.4, -0.2) is 42.0 Å². The van der Waals surface area contributed by atoms with Crippen LogP contribution >= 0.6 is 22.9 Å². The third-order valence-corrected chi connectivity index (χ3v) is 8.11. The molecule has 0 unspecified atom stereocenters. The van der Waals surface area contributed by atoms with Gasteiger partial charge in [-0.1, -0.05) is 78.3 Å². The minimum atomic E-state index is -0.0356. The number of nitrogens with two attached hydrogens (primary N) is 1. The van der Waals surface area contributed by atoms with Crippen molar-refractivity contribution in [1.29, 1.82) is 0 Å². The van der Waals surface area contributed by atoms with E-state index in [2.05, 4.69) is 29.2 Å². The van der Waals surface area contributed by atoms with Crippen LogP contribution < -0.4 is 10.6 Å². The predicted octanol–water partition coefficient (Wildman–Crippen LogP) is 6.83. The van der Waals surface area contributed by atoms with E-state index in [0.717, 1.165) is 51.4 Å². The zero-order chi connectivity index (χ0) is 25.4. The molecule has 2 N–H and O–H groups in total. The van der Waals surface area contributed by atoms with Gasteiger partial charge in [0.05, 0.1) is 11.4 Å². The highest BCUT2D eigenvalue weighted by molar-refractivity contribution is 7.21. The molecule has 2 aromatic heterocycles. The molecular weight excluding hydrogens is 500 g/mol. The van der Waals surface area contributed by atoms with Gasteiger partial charge in [0, 0.05) is 47.8 Å². The van der Waals surface area contributed by atoms with Crippen molar-refractivity contribution < 1.29 is 4.79 Å². The summed E-state index contributed by atoms with van der Waals surface area (Å²) in [5.41, 5.74) is 12.2. The number of nitrogens with zero attached hydrogens (tertiary/aromatic N) is 3.